The number of thioether (sulfide) groups is 1. The van der Waals surface area contributed by atoms with E-state index in [1.165, 1.54) is 42.6 Å². The van der Waals surface area contributed by atoms with Gasteiger partial charge in [-0.2, -0.15) is 0 Å². The van der Waals surface area contributed by atoms with Crippen molar-refractivity contribution in [3.8, 4) is 0 Å². The Kier molecular flexibility index (Phi) is 5.77. The summed E-state index contributed by atoms with van der Waals surface area (Å²) in [6.45, 7) is 2.36. The maximum Gasteiger partial charge on any atom is 0.0359 e. The average molecular weight is 277 g/mol. The van der Waals surface area contributed by atoms with Crippen molar-refractivity contribution in [1.82, 2.24) is 5.32 Å². The first-order valence-corrected chi connectivity index (χ1v) is 8.84. The zero-order chi connectivity index (χ0) is 13.7. The Morgan fingerprint density at radius 2 is 2.00 bits per heavy atom. The molecule has 1 N–H and O–H groups in total. The first kappa shape index (κ1) is 14.9. The largest absolute Gasteiger partial charge is 0.313 e. The lowest BCUT2D eigenvalue weighted by molar-refractivity contribution is 0.179. The molecular weight excluding hydrogens is 250 g/mol. The van der Waals surface area contributed by atoms with Crippen LogP contribution >= 0.6 is 11.8 Å². The molecule has 106 valence electrons. The van der Waals surface area contributed by atoms with E-state index in [1.54, 1.807) is 0 Å². The van der Waals surface area contributed by atoms with Crippen molar-refractivity contribution in [2.45, 2.75) is 50.0 Å². The van der Waals surface area contributed by atoms with Gasteiger partial charge in [0.1, 0.15) is 0 Å². The molecule has 0 amide bonds. The molecule has 1 aliphatic rings. The van der Waals surface area contributed by atoms with E-state index in [2.05, 4.69) is 49.8 Å². The highest BCUT2D eigenvalue weighted by molar-refractivity contribution is 7.98. The Morgan fingerprint density at radius 1 is 1.26 bits per heavy atom. The number of hydrogen-bond donors (Lipinski definition) is 1. The summed E-state index contributed by atoms with van der Waals surface area (Å²) in [7, 11) is 2.13. The van der Waals surface area contributed by atoms with E-state index in [-0.39, 0.29) is 0 Å². The lowest BCUT2D eigenvalue weighted by atomic mass is 9.72. The van der Waals surface area contributed by atoms with Crippen LogP contribution in [-0.2, 0) is 0 Å². The quantitative estimate of drug-likeness (QED) is 0.769. The van der Waals surface area contributed by atoms with Crippen LogP contribution in [0.25, 0.3) is 0 Å². The van der Waals surface area contributed by atoms with Gasteiger partial charge < -0.3 is 5.32 Å². The van der Waals surface area contributed by atoms with Gasteiger partial charge in [-0.15, -0.1) is 11.8 Å². The van der Waals surface area contributed by atoms with Crippen molar-refractivity contribution in [3.63, 3.8) is 0 Å². The lowest BCUT2D eigenvalue weighted by Crippen LogP contribution is -2.32. The molecule has 19 heavy (non-hydrogen) atoms. The van der Waals surface area contributed by atoms with Crippen LogP contribution in [0.5, 0.6) is 0 Å². The summed E-state index contributed by atoms with van der Waals surface area (Å²) in [6, 6.07) is 9.43. The van der Waals surface area contributed by atoms with Gasteiger partial charge in [-0.1, -0.05) is 50.8 Å². The van der Waals surface area contributed by atoms with Crippen LogP contribution in [0.2, 0.25) is 0 Å². The third-order valence-electron chi connectivity index (χ3n) is 4.71. The summed E-state index contributed by atoms with van der Waals surface area (Å²) in [5.41, 5.74) is 1.50. The number of rotatable bonds is 5. The minimum atomic E-state index is 0.522. The first-order chi connectivity index (χ1) is 9.31. The smallest absolute Gasteiger partial charge is 0.0359 e. The van der Waals surface area contributed by atoms with E-state index in [0.29, 0.717) is 6.04 Å². The molecule has 0 heterocycles. The molecule has 2 rings (SSSR count). The zero-order valence-corrected chi connectivity index (χ0v) is 13.3. The minimum absolute atomic E-state index is 0.522. The third kappa shape index (κ3) is 3.35. The fourth-order valence-corrected chi connectivity index (χ4v) is 4.35. The summed E-state index contributed by atoms with van der Waals surface area (Å²) in [6.07, 6.45) is 9.14. The molecule has 0 aromatic heterocycles. The summed E-state index contributed by atoms with van der Waals surface area (Å²) in [4.78, 5) is 1.43. The summed E-state index contributed by atoms with van der Waals surface area (Å²) in [5, 5.41) is 3.61. The predicted molar refractivity (Wildman–Crippen MR) is 85.8 cm³/mol. The molecule has 0 saturated heterocycles. The van der Waals surface area contributed by atoms with Crippen molar-refractivity contribution in [2.24, 2.45) is 11.8 Å². The monoisotopic (exact) mass is 277 g/mol. The van der Waals surface area contributed by atoms with Crippen LogP contribution in [0.1, 0.15) is 50.6 Å². The maximum absolute atomic E-state index is 3.61. The Bertz CT molecular complexity index is 391. The van der Waals surface area contributed by atoms with Gasteiger partial charge in [0.15, 0.2) is 0 Å². The average Bonchev–Trinajstić information content (AvgIpc) is 2.49. The molecule has 0 radical (unpaired) electrons. The van der Waals surface area contributed by atoms with Crippen molar-refractivity contribution in [3.05, 3.63) is 29.8 Å². The molecule has 2 heteroatoms. The number of nitrogens with one attached hydrogen (secondary N) is 1. The van der Waals surface area contributed by atoms with E-state index >= 15 is 0 Å². The van der Waals surface area contributed by atoms with Crippen molar-refractivity contribution in [1.29, 1.82) is 0 Å². The van der Waals surface area contributed by atoms with E-state index in [4.69, 9.17) is 0 Å². The van der Waals surface area contributed by atoms with Crippen molar-refractivity contribution < 1.29 is 0 Å². The second kappa shape index (κ2) is 7.35. The molecule has 0 spiro atoms. The van der Waals surface area contributed by atoms with Crippen molar-refractivity contribution in [2.75, 3.05) is 13.3 Å². The standard InChI is InChI=1S/C17H27NS/c1-4-13-9-5-6-10-14(13)17(18-2)15-11-7-8-12-16(15)19-3/h7-8,11-14,17-18H,4-6,9-10H2,1-3H3. The molecule has 1 aliphatic carbocycles. The molecule has 1 aromatic carbocycles. The molecule has 1 aromatic rings. The molecule has 1 saturated carbocycles. The zero-order valence-electron chi connectivity index (χ0n) is 12.5. The van der Waals surface area contributed by atoms with E-state index in [1.807, 2.05) is 11.8 Å². The van der Waals surface area contributed by atoms with Crippen LogP contribution in [0.4, 0.5) is 0 Å². The number of hydrogen-bond acceptors (Lipinski definition) is 2. The van der Waals surface area contributed by atoms with Crippen LogP contribution in [0.15, 0.2) is 29.2 Å². The maximum atomic E-state index is 3.61. The van der Waals surface area contributed by atoms with Gasteiger partial charge in [0.2, 0.25) is 0 Å². The first-order valence-electron chi connectivity index (χ1n) is 7.62. The molecule has 1 fully saturated rings. The highest BCUT2D eigenvalue weighted by Crippen LogP contribution is 2.42. The van der Waals surface area contributed by atoms with Crippen LogP contribution < -0.4 is 5.32 Å². The van der Waals surface area contributed by atoms with Gasteiger partial charge >= 0.3 is 0 Å². The van der Waals surface area contributed by atoms with E-state index < -0.39 is 0 Å². The van der Waals surface area contributed by atoms with Crippen LogP contribution in [0, 0.1) is 11.8 Å². The Balaban J connectivity index is 2.27. The second-order valence-corrected chi connectivity index (χ2v) is 6.47. The Morgan fingerprint density at radius 3 is 2.68 bits per heavy atom. The highest BCUT2D eigenvalue weighted by atomic mass is 32.2. The fourth-order valence-electron chi connectivity index (χ4n) is 3.71. The summed E-state index contributed by atoms with van der Waals surface area (Å²) < 4.78 is 0. The fraction of sp³-hybridized carbons (Fsp3) is 0.647. The van der Waals surface area contributed by atoms with E-state index in [0.717, 1.165) is 11.8 Å². The second-order valence-electron chi connectivity index (χ2n) is 5.62. The molecule has 0 bridgehead atoms. The minimum Gasteiger partial charge on any atom is -0.313 e. The van der Waals surface area contributed by atoms with Crippen molar-refractivity contribution >= 4 is 11.8 Å². The summed E-state index contributed by atoms with van der Waals surface area (Å²) >= 11 is 1.87. The molecule has 3 unspecified atom stereocenters. The molecule has 3 atom stereocenters. The number of benzene rings is 1. The SMILES string of the molecule is CCC1CCCCC1C(NC)c1ccccc1SC. The van der Waals surface area contributed by atoms with Crippen LogP contribution in [0.3, 0.4) is 0 Å². The Hall–Kier alpha value is -0.470. The third-order valence-corrected chi connectivity index (χ3v) is 5.52. The van der Waals surface area contributed by atoms with Gasteiger partial charge in [0.05, 0.1) is 0 Å². The lowest BCUT2D eigenvalue weighted by Gasteiger charge is -2.37. The van der Waals surface area contributed by atoms with Gasteiger partial charge in [0.25, 0.3) is 0 Å². The predicted octanol–water partition coefficient (Wildman–Crippen LogP) is 4.89. The molecule has 1 nitrogen and oxygen atoms in total. The van der Waals surface area contributed by atoms with Crippen LogP contribution in [-0.4, -0.2) is 13.3 Å². The Labute approximate surface area is 122 Å². The van der Waals surface area contributed by atoms with Gasteiger partial charge in [-0.25, -0.2) is 0 Å². The highest BCUT2D eigenvalue weighted by Gasteiger charge is 2.31. The van der Waals surface area contributed by atoms with Gasteiger partial charge in [-0.3, -0.25) is 0 Å². The topological polar surface area (TPSA) is 12.0 Å². The summed E-state index contributed by atoms with van der Waals surface area (Å²) in [5.74, 6) is 1.69. The molecule has 0 aliphatic heterocycles. The molecular formula is C17H27NS. The van der Waals surface area contributed by atoms with Gasteiger partial charge in [0, 0.05) is 10.9 Å². The van der Waals surface area contributed by atoms with E-state index in [9.17, 15) is 0 Å². The normalized spacial score (nSPS) is 25.2. The van der Waals surface area contributed by atoms with Gasteiger partial charge in [-0.05, 0) is 43.2 Å².